The summed E-state index contributed by atoms with van der Waals surface area (Å²) in [4.78, 5) is 8.76. The summed E-state index contributed by atoms with van der Waals surface area (Å²) in [5, 5.41) is 9.85. The fourth-order valence-electron chi connectivity index (χ4n) is 2.01. The third kappa shape index (κ3) is 6.28. The van der Waals surface area contributed by atoms with E-state index in [2.05, 4.69) is 32.9 Å². The first-order valence-electron chi connectivity index (χ1n) is 7.87. The quantitative estimate of drug-likeness (QED) is 0.443. The Kier molecular flexibility index (Phi) is 7.39. The molecule has 1 heterocycles. The maximum absolute atomic E-state index is 5.64. The third-order valence-corrected chi connectivity index (χ3v) is 4.25. The van der Waals surface area contributed by atoms with Crippen LogP contribution in [0, 0.1) is 0 Å². The second-order valence-electron chi connectivity index (χ2n) is 4.92. The average Bonchev–Trinajstić information content (AvgIpc) is 3.06. The van der Waals surface area contributed by atoms with Gasteiger partial charge in [0.25, 0.3) is 0 Å². The first kappa shape index (κ1) is 17.3. The van der Waals surface area contributed by atoms with Crippen molar-refractivity contribution in [3.63, 3.8) is 0 Å². The van der Waals surface area contributed by atoms with Gasteiger partial charge in [-0.1, -0.05) is 25.1 Å². The SMILES string of the molecule is CCc1nc(CCNC(=NC)NCCOc2ccccc2)cs1. The van der Waals surface area contributed by atoms with Crippen molar-refractivity contribution in [2.75, 3.05) is 26.7 Å². The van der Waals surface area contributed by atoms with E-state index in [1.165, 1.54) is 5.01 Å². The molecule has 0 unspecified atom stereocenters. The average molecular weight is 332 g/mol. The Morgan fingerprint density at radius 1 is 1.22 bits per heavy atom. The lowest BCUT2D eigenvalue weighted by atomic mass is 10.3. The lowest BCUT2D eigenvalue weighted by Gasteiger charge is -2.12. The summed E-state index contributed by atoms with van der Waals surface area (Å²) in [7, 11) is 1.77. The van der Waals surface area contributed by atoms with Crippen LogP contribution in [-0.4, -0.2) is 37.7 Å². The number of hydrogen-bond donors (Lipinski definition) is 2. The molecule has 0 saturated heterocycles. The first-order valence-corrected chi connectivity index (χ1v) is 8.75. The van der Waals surface area contributed by atoms with Gasteiger partial charge in [0, 0.05) is 25.4 Å². The minimum absolute atomic E-state index is 0.594. The number of rotatable bonds is 8. The molecule has 0 aliphatic heterocycles. The van der Waals surface area contributed by atoms with E-state index >= 15 is 0 Å². The number of para-hydroxylation sites is 1. The largest absolute Gasteiger partial charge is 0.492 e. The lowest BCUT2D eigenvalue weighted by molar-refractivity contribution is 0.322. The van der Waals surface area contributed by atoms with Crippen molar-refractivity contribution in [1.29, 1.82) is 0 Å². The molecular weight excluding hydrogens is 308 g/mol. The van der Waals surface area contributed by atoms with Gasteiger partial charge in [-0.05, 0) is 18.6 Å². The molecule has 2 rings (SSSR count). The summed E-state index contributed by atoms with van der Waals surface area (Å²) in [5.41, 5.74) is 1.14. The summed E-state index contributed by atoms with van der Waals surface area (Å²) in [5.74, 6) is 1.67. The van der Waals surface area contributed by atoms with E-state index in [0.717, 1.165) is 36.8 Å². The molecule has 23 heavy (non-hydrogen) atoms. The van der Waals surface area contributed by atoms with E-state index in [-0.39, 0.29) is 0 Å². The summed E-state index contributed by atoms with van der Waals surface area (Å²) < 4.78 is 5.64. The van der Waals surface area contributed by atoms with Gasteiger partial charge in [-0.25, -0.2) is 4.98 Å². The molecule has 0 atom stereocenters. The van der Waals surface area contributed by atoms with Crippen LogP contribution in [0.1, 0.15) is 17.6 Å². The molecule has 5 nitrogen and oxygen atoms in total. The number of ether oxygens (including phenoxy) is 1. The zero-order chi connectivity index (χ0) is 16.3. The van der Waals surface area contributed by atoms with Crippen LogP contribution < -0.4 is 15.4 Å². The van der Waals surface area contributed by atoms with Gasteiger partial charge in [-0.15, -0.1) is 11.3 Å². The molecule has 2 aromatic rings. The lowest BCUT2D eigenvalue weighted by Crippen LogP contribution is -2.40. The fourth-order valence-corrected chi connectivity index (χ4v) is 2.79. The Balaban J connectivity index is 1.61. The molecule has 124 valence electrons. The minimum Gasteiger partial charge on any atom is -0.492 e. The smallest absolute Gasteiger partial charge is 0.191 e. The van der Waals surface area contributed by atoms with Crippen molar-refractivity contribution >= 4 is 17.3 Å². The molecular formula is C17H24N4OS. The molecule has 0 aliphatic carbocycles. The summed E-state index contributed by atoms with van der Waals surface area (Å²) in [6, 6.07) is 9.80. The number of aryl methyl sites for hydroxylation is 1. The molecule has 0 spiro atoms. The van der Waals surface area contributed by atoms with E-state index in [1.54, 1.807) is 18.4 Å². The second kappa shape index (κ2) is 9.84. The zero-order valence-electron chi connectivity index (χ0n) is 13.7. The molecule has 1 aromatic carbocycles. The van der Waals surface area contributed by atoms with Crippen molar-refractivity contribution in [2.24, 2.45) is 4.99 Å². The van der Waals surface area contributed by atoms with Crippen molar-refractivity contribution in [1.82, 2.24) is 15.6 Å². The number of guanidine groups is 1. The van der Waals surface area contributed by atoms with Crippen molar-refractivity contribution in [2.45, 2.75) is 19.8 Å². The van der Waals surface area contributed by atoms with Gasteiger partial charge in [0.2, 0.25) is 0 Å². The van der Waals surface area contributed by atoms with Crippen LogP contribution in [0.2, 0.25) is 0 Å². The van der Waals surface area contributed by atoms with Crippen LogP contribution in [0.15, 0.2) is 40.7 Å². The Morgan fingerprint density at radius 3 is 2.70 bits per heavy atom. The fraction of sp³-hybridized carbons (Fsp3) is 0.412. The third-order valence-electron chi connectivity index (χ3n) is 3.21. The second-order valence-corrected chi connectivity index (χ2v) is 5.87. The number of nitrogens with zero attached hydrogens (tertiary/aromatic N) is 2. The van der Waals surface area contributed by atoms with Gasteiger partial charge in [-0.2, -0.15) is 0 Å². The predicted octanol–water partition coefficient (Wildman–Crippen LogP) is 2.49. The van der Waals surface area contributed by atoms with Gasteiger partial charge in [0.05, 0.1) is 17.2 Å². The van der Waals surface area contributed by atoms with Gasteiger partial charge >= 0.3 is 0 Å². The molecule has 2 N–H and O–H groups in total. The van der Waals surface area contributed by atoms with Gasteiger partial charge < -0.3 is 15.4 Å². The molecule has 0 amide bonds. The summed E-state index contributed by atoms with van der Waals surface area (Å²) in [6.07, 6.45) is 1.90. The molecule has 0 radical (unpaired) electrons. The Bertz CT molecular complexity index is 598. The molecule has 1 aromatic heterocycles. The summed E-state index contributed by atoms with van der Waals surface area (Å²) in [6.45, 7) is 4.23. The van der Waals surface area contributed by atoms with Gasteiger partial charge in [0.1, 0.15) is 12.4 Å². The topological polar surface area (TPSA) is 58.5 Å². The van der Waals surface area contributed by atoms with E-state index in [1.807, 2.05) is 30.3 Å². The Morgan fingerprint density at radius 2 is 2.00 bits per heavy atom. The molecule has 0 fully saturated rings. The monoisotopic (exact) mass is 332 g/mol. The van der Waals surface area contributed by atoms with Crippen molar-refractivity contribution in [3.05, 3.63) is 46.4 Å². The highest BCUT2D eigenvalue weighted by Gasteiger charge is 2.01. The predicted molar refractivity (Wildman–Crippen MR) is 96.5 cm³/mol. The first-order chi connectivity index (χ1) is 11.3. The Labute approximate surface area is 141 Å². The van der Waals surface area contributed by atoms with Crippen molar-refractivity contribution in [3.8, 4) is 5.75 Å². The number of thiazole rings is 1. The zero-order valence-corrected chi connectivity index (χ0v) is 14.5. The van der Waals surface area contributed by atoms with Crippen LogP contribution in [0.3, 0.4) is 0 Å². The number of hydrogen-bond acceptors (Lipinski definition) is 4. The number of aromatic nitrogens is 1. The van der Waals surface area contributed by atoms with Crippen LogP contribution in [0.4, 0.5) is 0 Å². The van der Waals surface area contributed by atoms with E-state index in [4.69, 9.17) is 4.74 Å². The van der Waals surface area contributed by atoms with E-state index in [0.29, 0.717) is 13.2 Å². The van der Waals surface area contributed by atoms with Crippen LogP contribution in [0.5, 0.6) is 5.75 Å². The Hall–Kier alpha value is -2.08. The van der Waals surface area contributed by atoms with Gasteiger partial charge in [-0.3, -0.25) is 4.99 Å². The normalized spacial score (nSPS) is 11.3. The van der Waals surface area contributed by atoms with Crippen LogP contribution >= 0.6 is 11.3 Å². The minimum atomic E-state index is 0.594. The highest BCUT2D eigenvalue weighted by atomic mass is 32.1. The summed E-state index contributed by atoms with van der Waals surface area (Å²) >= 11 is 1.73. The van der Waals surface area contributed by atoms with Crippen molar-refractivity contribution < 1.29 is 4.74 Å². The molecule has 0 saturated carbocycles. The number of benzene rings is 1. The van der Waals surface area contributed by atoms with E-state index in [9.17, 15) is 0 Å². The van der Waals surface area contributed by atoms with Gasteiger partial charge in [0.15, 0.2) is 5.96 Å². The maximum atomic E-state index is 5.64. The molecule has 0 aliphatic rings. The van der Waals surface area contributed by atoms with E-state index < -0.39 is 0 Å². The highest BCUT2D eigenvalue weighted by Crippen LogP contribution is 2.10. The maximum Gasteiger partial charge on any atom is 0.191 e. The molecule has 0 bridgehead atoms. The highest BCUT2D eigenvalue weighted by molar-refractivity contribution is 7.09. The number of nitrogens with one attached hydrogen (secondary N) is 2. The van der Waals surface area contributed by atoms with Crippen LogP contribution in [0.25, 0.3) is 0 Å². The van der Waals surface area contributed by atoms with Crippen LogP contribution in [-0.2, 0) is 12.8 Å². The molecule has 6 heteroatoms. The number of aliphatic imine (C=N–C) groups is 1. The standard InChI is InChI=1S/C17H24N4OS/c1-3-16-21-14(13-23-16)9-10-19-17(18-2)20-11-12-22-15-7-5-4-6-8-15/h4-8,13H,3,9-12H2,1-2H3,(H2,18,19,20).